The second-order valence-electron chi connectivity index (χ2n) is 8.95. The fourth-order valence-electron chi connectivity index (χ4n) is 3.09. The summed E-state index contributed by atoms with van der Waals surface area (Å²) in [6, 6.07) is -2.13. The number of carboxylic acids is 2. The summed E-state index contributed by atoms with van der Waals surface area (Å²) in [5, 5.41) is 28.4. The minimum Gasteiger partial charge on any atom is -0.480 e. The van der Waals surface area contributed by atoms with Gasteiger partial charge in [-0.15, -0.1) is 0 Å². The van der Waals surface area contributed by atoms with E-state index in [-0.39, 0.29) is 108 Å². The van der Waals surface area contributed by atoms with Crippen molar-refractivity contribution in [3.8, 4) is 0 Å². The standard InChI is InChI=1S/C25H44BrN5O12/c26-15-21(33)28-6-2-1-3-19(25(38)39)31-23(35)17-43-14-12-41-10-8-30-22(34)16-42-13-11-40-9-7-29-20(32)5-4-18(27)24(36)37/h18-19H,1-17,27H2,(H,28,33)(H,29,32)(H,30,34)(H,31,35)(H,36,37)(H,38,39)/t18?,19-/m0/s1. The molecule has 8 N–H and O–H groups in total. The van der Waals surface area contributed by atoms with Gasteiger partial charge >= 0.3 is 11.9 Å². The number of aliphatic carboxylic acids is 2. The van der Waals surface area contributed by atoms with Crippen molar-refractivity contribution >= 4 is 51.5 Å². The molecule has 0 aromatic carbocycles. The number of hydrogen-bond acceptors (Lipinski definition) is 11. The molecule has 0 aliphatic heterocycles. The largest absolute Gasteiger partial charge is 0.480 e. The van der Waals surface area contributed by atoms with Crippen LogP contribution in [0.3, 0.4) is 0 Å². The first-order valence-corrected chi connectivity index (χ1v) is 14.9. The van der Waals surface area contributed by atoms with E-state index < -0.39 is 29.9 Å². The predicted molar refractivity (Wildman–Crippen MR) is 154 cm³/mol. The van der Waals surface area contributed by atoms with Crippen molar-refractivity contribution in [2.45, 2.75) is 44.2 Å². The lowest BCUT2D eigenvalue weighted by atomic mass is 10.1. The van der Waals surface area contributed by atoms with E-state index in [1.807, 2.05) is 0 Å². The SMILES string of the molecule is NC(CCC(=O)NCCOCCOCC(=O)NCCOCCOCC(=O)N[C@@H](CCCCNC(=O)CBr)C(=O)O)C(=O)O. The highest BCUT2D eigenvalue weighted by molar-refractivity contribution is 9.09. The van der Waals surface area contributed by atoms with Gasteiger partial charge in [0, 0.05) is 26.1 Å². The second-order valence-corrected chi connectivity index (χ2v) is 9.51. The summed E-state index contributed by atoms with van der Waals surface area (Å²) in [6.07, 6.45) is 1.35. The van der Waals surface area contributed by atoms with Gasteiger partial charge in [0.2, 0.25) is 23.6 Å². The van der Waals surface area contributed by atoms with Gasteiger partial charge in [-0.3, -0.25) is 24.0 Å². The molecule has 0 aromatic rings. The molecule has 0 aliphatic rings. The molecule has 4 amide bonds. The highest BCUT2D eigenvalue weighted by Crippen LogP contribution is 2.01. The molecule has 0 bridgehead atoms. The lowest BCUT2D eigenvalue weighted by Crippen LogP contribution is -2.42. The lowest BCUT2D eigenvalue weighted by molar-refractivity contribution is -0.143. The molecule has 0 aliphatic carbocycles. The van der Waals surface area contributed by atoms with E-state index in [1.165, 1.54) is 0 Å². The average Bonchev–Trinajstić information content (AvgIpc) is 2.97. The Morgan fingerprint density at radius 3 is 1.72 bits per heavy atom. The monoisotopic (exact) mass is 685 g/mol. The Bertz CT molecular complexity index is 851. The number of halogens is 1. The van der Waals surface area contributed by atoms with Crippen molar-refractivity contribution < 1.29 is 57.9 Å². The molecule has 248 valence electrons. The van der Waals surface area contributed by atoms with E-state index in [0.717, 1.165) is 0 Å². The summed E-state index contributed by atoms with van der Waals surface area (Å²) in [5.41, 5.74) is 5.32. The summed E-state index contributed by atoms with van der Waals surface area (Å²) in [5.74, 6) is -3.70. The Hall–Kier alpha value is -2.90. The van der Waals surface area contributed by atoms with E-state index >= 15 is 0 Å². The maximum Gasteiger partial charge on any atom is 0.326 e. The highest BCUT2D eigenvalue weighted by Gasteiger charge is 2.19. The van der Waals surface area contributed by atoms with Crippen LogP contribution in [0.2, 0.25) is 0 Å². The number of alkyl halides is 1. The number of nitrogens with one attached hydrogen (secondary N) is 4. The fourth-order valence-corrected chi connectivity index (χ4v) is 3.28. The first kappa shape index (κ1) is 40.1. The summed E-state index contributed by atoms with van der Waals surface area (Å²) in [7, 11) is 0. The predicted octanol–water partition coefficient (Wildman–Crippen LogP) is -2.27. The molecule has 1 unspecified atom stereocenters. The van der Waals surface area contributed by atoms with Gasteiger partial charge in [0.1, 0.15) is 25.3 Å². The van der Waals surface area contributed by atoms with Crippen molar-refractivity contribution in [2.24, 2.45) is 5.73 Å². The molecule has 0 rings (SSSR count). The highest BCUT2D eigenvalue weighted by atomic mass is 79.9. The molecule has 0 radical (unpaired) electrons. The number of rotatable bonds is 28. The molecule has 0 saturated carbocycles. The first-order valence-electron chi connectivity index (χ1n) is 13.7. The van der Waals surface area contributed by atoms with Crippen LogP contribution in [-0.4, -0.2) is 136 Å². The van der Waals surface area contributed by atoms with Crippen LogP contribution in [0.4, 0.5) is 0 Å². The van der Waals surface area contributed by atoms with E-state index in [1.54, 1.807) is 0 Å². The van der Waals surface area contributed by atoms with E-state index in [4.69, 9.17) is 29.8 Å². The maximum absolute atomic E-state index is 11.9. The third kappa shape index (κ3) is 25.3. The van der Waals surface area contributed by atoms with Crippen LogP contribution in [0.25, 0.3) is 0 Å². The summed E-state index contributed by atoms with van der Waals surface area (Å²) in [4.78, 5) is 68.3. The number of hydrogen-bond donors (Lipinski definition) is 7. The Morgan fingerprint density at radius 1 is 0.628 bits per heavy atom. The maximum atomic E-state index is 11.9. The third-order valence-electron chi connectivity index (χ3n) is 5.34. The van der Waals surface area contributed by atoms with E-state index in [0.29, 0.717) is 19.4 Å². The summed E-state index contributed by atoms with van der Waals surface area (Å²) in [6.45, 7) is 1.46. The van der Waals surface area contributed by atoms with Crippen molar-refractivity contribution in [1.82, 2.24) is 21.3 Å². The zero-order valence-corrected chi connectivity index (χ0v) is 25.7. The number of carbonyl (C=O) groups is 6. The normalized spacial score (nSPS) is 12.1. The number of ether oxygens (including phenoxy) is 4. The molecule has 18 heteroatoms. The molecule has 0 heterocycles. The van der Waals surface area contributed by atoms with Gasteiger partial charge in [-0.25, -0.2) is 4.79 Å². The van der Waals surface area contributed by atoms with E-state index in [2.05, 4.69) is 37.2 Å². The fraction of sp³-hybridized carbons (Fsp3) is 0.760. The second kappa shape index (κ2) is 26.7. The van der Waals surface area contributed by atoms with Crippen molar-refractivity contribution in [2.75, 3.05) is 77.8 Å². The van der Waals surface area contributed by atoms with E-state index in [9.17, 15) is 33.9 Å². The molecule has 43 heavy (non-hydrogen) atoms. The Balaban J connectivity index is 3.63. The zero-order chi connectivity index (χ0) is 32.3. The number of unbranched alkanes of at least 4 members (excludes halogenated alkanes) is 1. The number of nitrogens with two attached hydrogens (primary N) is 1. The molecule has 0 aromatic heterocycles. The van der Waals surface area contributed by atoms with Crippen molar-refractivity contribution in [3.05, 3.63) is 0 Å². The average molecular weight is 687 g/mol. The number of carboxylic acid groups (broad SMARTS) is 2. The summed E-state index contributed by atoms with van der Waals surface area (Å²) < 4.78 is 20.9. The van der Waals surface area contributed by atoms with Crippen molar-refractivity contribution in [3.63, 3.8) is 0 Å². The molecular weight excluding hydrogens is 642 g/mol. The van der Waals surface area contributed by atoms with Gasteiger partial charge in [-0.1, -0.05) is 15.9 Å². The van der Waals surface area contributed by atoms with Gasteiger partial charge in [0.05, 0.1) is 45.0 Å². The van der Waals surface area contributed by atoms with Crippen LogP contribution in [-0.2, 0) is 47.7 Å². The third-order valence-corrected chi connectivity index (χ3v) is 5.85. The Kier molecular flexibility index (Phi) is 24.9. The quantitative estimate of drug-likeness (QED) is 0.0339. The topological polar surface area (TPSA) is 254 Å². The van der Waals surface area contributed by atoms with Gasteiger partial charge in [-0.05, 0) is 25.7 Å². The summed E-state index contributed by atoms with van der Waals surface area (Å²) >= 11 is 3.03. The molecule has 2 atom stereocenters. The van der Waals surface area contributed by atoms with Gasteiger partial charge in [0.15, 0.2) is 0 Å². The van der Waals surface area contributed by atoms with Gasteiger partial charge in [-0.2, -0.15) is 0 Å². The van der Waals surface area contributed by atoms with Gasteiger partial charge < -0.3 is 56.2 Å². The van der Waals surface area contributed by atoms with Crippen LogP contribution in [0, 0.1) is 0 Å². The molecule has 17 nitrogen and oxygen atoms in total. The van der Waals surface area contributed by atoms with Crippen molar-refractivity contribution in [1.29, 1.82) is 0 Å². The van der Waals surface area contributed by atoms with Crippen LogP contribution < -0.4 is 27.0 Å². The minimum atomic E-state index is -1.16. The van der Waals surface area contributed by atoms with Gasteiger partial charge in [0.25, 0.3) is 0 Å². The number of carbonyl (C=O) groups excluding carboxylic acids is 4. The van der Waals surface area contributed by atoms with Crippen LogP contribution in [0.15, 0.2) is 0 Å². The minimum absolute atomic E-state index is 0.00414. The number of amides is 4. The molecule has 0 saturated heterocycles. The molecule has 0 spiro atoms. The van der Waals surface area contributed by atoms with Crippen LogP contribution >= 0.6 is 15.9 Å². The zero-order valence-electron chi connectivity index (χ0n) is 24.1. The lowest BCUT2D eigenvalue weighted by Gasteiger charge is -2.14. The first-order chi connectivity index (χ1) is 20.6. The Labute approximate surface area is 258 Å². The molecule has 0 fully saturated rings. The van der Waals surface area contributed by atoms with Crippen LogP contribution in [0.1, 0.15) is 32.1 Å². The Morgan fingerprint density at radius 2 is 1.16 bits per heavy atom. The smallest absolute Gasteiger partial charge is 0.326 e. The molecular formula is C25H44BrN5O12. The van der Waals surface area contributed by atoms with Crippen LogP contribution in [0.5, 0.6) is 0 Å².